The van der Waals surface area contributed by atoms with Gasteiger partial charge in [0.2, 0.25) is 0 Å². The third kappa shape index (κ3) is 4.02. The van der Waals surface area contributed by atoms with Crippen LogP contribution in [0.2, 0.25) is 0 Å². The normalized spacial score (nSPS) is 10.7. The van der Waals surface area contributed by atoms with Gasteiger partial charge in [0.25, 0.3) is 0 Å². The van der Waals surface area contributed by atoms with E-state index in [4.69, 9.17) is 10.00 Å². The number of nitriles is 1. The molecule has 0 amide bonds. The summed E-state index contributed by atoms with van der Waals surface area (Å²) in [6.07, 6.45) is 0. The van der Waals surface area contributed by atoms with Gasteiger partial charge >= 0.3 is 0 Å². The maximum Gasteiger partial charge on any atom is 0.142 e. The topological polar surface area (TPSA) is 66.1 Å². The van der Waals surface area contributed by atoms with E-state index in [9.17, 15) is 0 Å². The molecule has 6 nitrogen and oxygen atoms in total. The predicted molar refractivity (Wildman–Crippen MR) is 70.5 cm³/mol. The summed E-state index contributed by atoms with van der Waals surface area (Å²) in [5.74, 6) is 0.756. The fraction of sp³-hybridized carbons (Fsp3) is 0.667. The molecule has 0 fully saturated rings. The molecule has 0 aliphatic heterocycles. The predicted octanol–water partition coefficient (Wildman–Crippen LogP) is 0.590. The summed E-state index contributed by atoms with van der Waals surface area (Å²) < 4.78 is 7.16. The number of ether oxygens (including phenoxy) is 1. The average Bonchev–Trinajstić information content (AvgIpc) is 2.57. The van der Waals surface area contributed by atoms with E-state index in [2.05, 4.69) is 21.4 Å². The smallest absolute Gasteiger partial charge is 0.142 e. The zero-order chi connectivity index (χ0) is 13.5. The number of aromatic nitrogens is 2. The SMILES string of the molecule is Cc1nn(C)c(NCCOCCN(C)C)c1C#N. The minimum Gasteiger partial charge on any atom is -0.378 e. The summed E-state index contributed by atoms with van der Waals surface area (Å²) in [7, 11) is 5.85. The number of nitrogens with one attached hydrogen (secondary N) is 1. The van der Waals surface area contributed by atoms with Crippen LogP contribution in [0.5, 0.6) is 0 Å². The van der Waals surface area contributed by atoms with Crippen LogP contribution >= 0.6 is 0 Å². The van der Waals surface area contributed by atoms with Gasteiger partial charge < -0.3 is 15.0 Å². The second-order valence-corrected chi connectivity index (χ2v) is 4.39. The molecule has 1 N–H and O–H groups in total. The van der Waals surface area contributed by atoms with Crippen LogP contribution < -0.4 is 5.32 Å². The van der Waals surface area contributed by atoms with Gasteiger partial charge in [-0.2, -0.15) is 10.4 Å². The van der Waals surface area contributed by atoms with E-state index in [-0.39, 0.29) is 0 Å². The fourth-order valence-electron chi connectivity index (χ4n) is 1.59. The van der Waals surface area contributed by atoms with E-state index in [0.29, 0.717) is 25.3 Å². The molecule has 0 aromatic carbocycles. The number of hydrogen-bond acceptors (Lipinski definition) is 5. The molecule has 6 heteroatoms. The Morgan fingerprint density at radius 1 is 1.44 bits per heavy atom. The van der Waals surface area contributed by atoms with Crippen LogP contribution in [-0.2, 0) is 11.8 Å². The number of likely N-dealkylation sites (N-methyl/N-ethyl adjacent to an activating group) is 1. The van der Waals surface area contributed by atoms with Crippen LogP contribution in [-0.4, -0.2) is 55.1 Å². The van der Waals surface area contributed by atoms with Gasteiger partial charge in [0, 0.05) is 20.1 Å². The zero-order valence-corrected chi connectivity index (χ0v) is 11.5. The summed E-state index contributed by atoms with van der Waals surface area (Å²) in [4.78, 5) is 2.08. The molecule has 0 radical (unpaired) electrons. The highest BCUT2D eigenvalue weighted by Crippen LogP contribution is 2.16. The molecule has 0 atom stereocenters. The Balaban J connectivity index is 2.34. The number of nitrogens with zero attached hydrogens (tertiary/aromatic N) is 4. The molecule has 0 saturated carbocycles. The Morgan fingerprint density at radius 3 is 2.78 bits per heavy atom. The standard InChI is InChI=1S/C12H21N5O/c1-10-11(9-13)12(17(4)15-10)14-5-7-18-8-6-16(2)3/h14H,5-8H2,1-4H3. The van der Waals surface area contributed by atoms with E-state index in [0.717, 1.165) is 18.1 Å². The van der Waals surface area contributed by atoms with E-state index < -0.39 is 0 Å². The molecular weight excluding hydrogens is 230 g/mol. The molecule has 1 rings (SSSR count). The maximum absolute atomic E-state index is 9.03. The van der Waals surface area contributed by atoms with Gasteiger partial charge in [0.15, 0.2) is 0 Å². The lowest BCUT2D eigenvalue weighted by molar-refractivity contribution is 0.126. The van der Waals surface area contributed by atoms with Crippen LogP contribution in [0.15, 0.2) is 0 Å². The maximum atomic E-state index is 9.03. The average molecular weight is 251 g/mol. The van der Waals surface area contributed by atoms with Crippen LogP contribution in [0.3, 0.4) is 0 Å². The first-order valence-corrected chi connectivity index (χ1v) is 5.96. The Morgan fingerprint density at radius 2 is 2.17 bits per heavy atom. The van der Waals surface area contributed by atoms with E-state index in [1.54, 1.807) is 4.68 Å². The van der Waals surface area contributed by atoms with Crippen LogP contribution in [0.25, 0.3) is 0 Å². The highest BCUT2D eigenvalue weighted by molar-refractivity contribution is 5.54. The number of anilines is 1. The number of hydrogen-bond donors (Lipinski definition) is 1. The van der Waals surface area contributed by atoms with Gasteiger partial charge in [-0.15, -0.1) is 0 Å². The molecule has 0 unspecified atom stereocenters. The zero-order valence-electron chi connectivity index (χ0n) is 11.5. The van der Waals surface area contributed by atoms with E-state index in [1.165, 1.54) is 0 Å². The summed E-state index contributed by atoms with van der Waals surface area (Å²) in [5.41, 5.74) is 1.35. The van der Waals surface area contributed by atoms with Crippen molar-refractivity contribution >= 4 is 5.82 Å². The summed E-state index contributed by atoms with van der Waals surface area (Å²) in [5, 5.41) is 16.4. The fourth-order valence-corrected chi connectivity index (χ4v) is 1.59. The quantitative estimate of drug-likeness (QED) is 0.718. The first-order valence-electron chi connectivity index (χ1n) is 5.96. The van der Waals surface area contributed by atoms with Crippen molar-refractivity contribution in [1.29, 1.82) is 5.26 Å². The highest BCUT2D eigenvalue weighted by Gasteiger charge is 2.11. The van der Waals surface area contributed by atoms with Crippen molar-refractivity contribution in [1.82, 2.24) is 14.7 Å². The number of aryl methyl sites for hydroxylation is 2. The molecule has 0 spiro atoms. The molecule has 1 aromatic heterocycles. The first kappa shape index (κ1) is 14.5. The van der Waals surface area contributed by atoms with Gasteiger partial charge in [-0.3, -0.25) is 4.68 Å². The molecule has 0 saturated heterocycles. The van der Waals surface area contributed by atoms with Crippen molar-refractivity contribution in [3.63, 3.8) is 0 Å². The third-order valence-corrected chi connectivity index (χ3v) is 2.56. The molecule has 18 heavy (non-hydrogen) atoms. The second-order valence-electron chi connectivity index (χ2n) is 4.39. The second kappa shape index (κ2) is 6.99. The van der Waals surface area contributed by atoms with E-state index >= 15 is 0 Å². The molecular formula is C12H21N5O. The van der Waals surface area contributed by atoms with Crippen molar-refractivity contribution in [2.24, 2.45) is 7.05 Å². The summed E-state index contributed by atoms with van der Waals surface area (Å²) in [6.45, 7) is 4.74. The molecule has 1 aromatic rings. The van der Waals surface area contributed by atoms with Crippen molar-refractivity contribution in [3.8, 4) is 6.07 Å². The monoisotopic (exact) mass is 251 g/mol. The Kier molecular flexibility index (Phi) is 5.62. The van der Waals surface area contributed by atoms with Crippen molar-refractivity contribution in [3.05, 3.63) is 11.3 Å². The Labute approximate surface area is 108 Å². The van der Waals surface area contributed by atoms with Crippen LogP contribution in [0.1, 0.15) is 11.3 Å². The van der Waals surface area contributed by atoms with Gasteiger partial charge in [-0.25, -0.2) is 0 Å². The van der Waals surface area contributed by atoms with E-state index in [1.807, 2.05) is 28.1 Å². The third-order valence-electron chi connectivity index (χ3n) is 2.56. The van der Waals surface area contributed by atoms with Gasteiger partial charge in [-0.05, 0) is 21.0 Å². The Hall–Kier alpha value is -1.58. The van der Waals surface area contributed by atoms with Gasteiger partial charge in [0.05, 0.1) is 18.9 Å². The summed E-state index contributed by atoms with van der Waals surface area (Å²) in [6, 6.07) is 2.16. The minimum atomic E-state index is 0.603. The van der Waals surface area contributed by atoms with Gasteiger partial charge in [-0.1, -0.05) is 0 Å². The van der Waals surface area contributed by atoms with Gasteiger partial charge in [0.1, 0.15) is 17.5 Å². The van der Waals surface area contributed by atoms with Crippen molar-refractivity contribution < 1.29 is 4.74 Å². The minimum absolute atomic E-state index is 0.603. The molecule has 0 aliphatic carbocycles. The lowest BCUT2D eigenvalue weighted by atomic mass is 10.2. The largest absolute Gasteiger partial charge is 0.378 e. The highest BCUT2D eigenvalue weighted by atomic mass is 16.5. The molecule has 0 aliphatic rings. The Bertz CT molecular complexity index is 419. The lowest BCUT2D eigenvalue weighted by Gasteiger charge is -2.11. The molecule has 100 valence electrons. The number of rotatable bonds is 7. The van der Waals surface area contributed by atoms with Crippen molar-refractivity contribution in [2.75, 3.05) is 45.7 Å². The van der Waals surface area contributed by atoms with Crippen molar-refractivity contribution in [2.45, 2.75) is 6.92 Å². The van der Waals surface area contributed by atoms with Crippen LogP contribution in [0.4, 0.5) is 5.82 Å². The molecule has 1 heterocycles. The first-order chi connectivity index (χ1) is 8.56. The molecule has 0 bridgehead atoms. The lowest BCUT2D eigenvalue weighted by Crippen LogP contribution is -2.20. The summed E-state index contributed by atoms with van der Waals surface area (Å²) >= 11 is 0. The van der Waals surface area contributed by atoms with Crippen LogP contribution in [0, 0.1) is 18.3 Å².